The second kappa shape index (κ2) is 4.08. The smallest absolute Gasteiger partial charge is 0.246 e. The van der Waals surface area contributed by atoms with Crippen LogP contribution in [0.2, 0.25) is 0 Å². The minimum absolute atomic E-state index is 0.0817. The molecular weight excluding hydrogens is 240 g/mol. The Morgan fingerprint density at radius 1 is 1.47 bits per heavy atom. The molecular formula is C10H18N4O2S. The molecule has 2 atom stereocenters. The Morgan fingerprint density at radius 3 is 2.53 bits per heavy atom. The first kappa shape index (κ1) is 12.5. The summed E-state index contributed by atoms with van der Waals surface area (Å²) in [5.74, 6) is 0.196. The van der Waals surface area contributed by atoms with E-state index >= 15 is 0 Å². The lowest BCUT2D eigenvalue weighted by atomic mass is 10.1. The summed E-state index contributed by atoms with van der Waals surface area (Å²) >= 11 is 0. The topological polar surface area (TPSA) is 81.2 Å². The number of nitrogens with two attached hydrogens (primary N) is 1. The van der Waals surface area contributed by atoms with Gasteiger partial charge in [-0.3, -0.25) is 4.68 Å². The highest BCUT2D eigenvalue weighted by Gasteiger charge is 2.36. The van der Waals surface area contributed by atoms with E-state index in [4.69, 9.17) is 5.73 Å². The molecule has 0 bridgehead atoms. The second-order valence-electron chi connectivity index (χ2n) is 4.68. The van der Waals surface area contributed by atoms with E-state index in [-0.39, 0.29) is 16.9 Å². The van der Waals surface area contributed by atoms with Gasteiger partial charge in [-0.1, -0.05) is 6.92 Å². The summed E-state index contributed by atoms with van der Waals surface area (Å²) in [4.78, 5) is 0.279. The van der Waals surface area contributed by atoms with E-state index in [1.807, 2.05) is 6.92 Å². The van der Waals surface area contributed by atoms with E-state index in [1.54, 1.807) is 18.7 Å². The Kier molecular flexibility index (Phi) is 3.01. The van der Waals surface area contributed by atoms with Crippen LogP contribution in [0.15, 0.2) is 11.1 Å². The molecule has 96 valence electrons. The Bertz CT molecular complexity index is 512. The van der Waals surface area contributed by atoms with Crippen LogP contribution in [0, 0.1) is 12.8 Å². The fourth-order valence-electron chi connectivity index (χ4n) is 2.01. The standard InChI is InChI=1S/C10H18N4O2S/c1-7-5-14(6-9(7)11)17(15,16)10-4-12-13(3)8(10)2/h4,7,9H,5-6,11H2,1-3H3. The van der Waals surface area contributed by atoms with Crippen molar-refractivity contribution in [1.82, 2.24) is 14.1 Å². The summed E-state index contributed by atoms with van der Waals surface area (Å²) < 4.78 is 27.8. The van der Waals surface area contributed by atoms with Crippen LogP contribution in [-0.4, -0.2) is 41.6 Å². The SMILES string of the molecule is Cc1c(S(=O)(=O)N2CC(C)C(N)C2)cnn1C. The quantitative estimate of drug-likeness (QED) is 0.789. The van der Waals surface area contributed by atoms with E-state index in [0.29, 0.717) is 18.8 Å². The minimum atomic E-state index is -3.44. The predicted octanol–water partition coefficient (Wildman–Crippen LogP) is -0.304. The van der Waals surface area contributed by atoms with E-state index in [1.165, 1.54) is 10.5 Å². The van der Waals surface area contributed by atoms with Crippen LogP contribution in [0.1, 0.15) is 12.6 Å². The van der Waals surface area contributed by atoms with Crippen molar-refractivity contribution in [3.63, 3.8) is 0 Å². The fourth-order valence-corrected chi connectivity index (χ4v) is 3.78. The van der Waals surface area contributed by atoms with Gasteiger partial charge in [-0.15, -0.1) is 0 Å². The monoisotopic (exact) mass is 258 g/mol. The maximum absolute atomic E-state index is 12.4. The van der Waals surface area contributed by atoms with Crippen LogP contribution in [0.5, 0.6) is 0 Å². The number of aromatic nitrogens is 2. The van der Waals surface area contributed by atoms with E-state index < -0.39 is 10.0 Å². The van der Waals surface area contributed by atoms with Gasteiger partial charge in [-0.25, -0.2) is 8.42 Å². The van der Waals surface area contributed by atoms with E-state index in [0.717, 1.165) is 0 Å². The highest BCUT2D eigenvalue weighted by molar-refractivity contribution is 7.89. The average molecular weight is 258 g/mol. The second-order valence-corrected chi connectivity index (χ2v) is 6.59. The van der Waals surface area contributed by atoms with Gasteiger partial charge in [0.15, 0.2) is 0 Å². The van der Waals surface area contributed by atoms with Crippen LogP contribution in [-0.2, 0) is 17.1 Å². The largest absolute Gasteiger partial charge is 0.326 e. The lowest BCUT2D eigenvalue weighted by molar-refractivity contribution is 0.463. The maximum atomic E-state index is 12.4. The van der Waals surface area contributed by atoms with Crippen molar-refractivity contribution >= 4 is 10.0 Å². The molecule has 0 spiro atoms. The molecule has 2 N–H and O–H groups in total. The highest BCUT2D eigenvalue weighted by Crippen LogP contribution is 2.24. The van der Waals surface area contributed by atoms with Gasteiger partial charge in [0.2, 0.25) is 10.0 Å². The van der Waals surface area contributed by atoms with Crippen molar-refractivity contribution < 1.29 is 8.42 Å². The van der Waals surface area contributed by atoms with Gasteiger partial charge in [0, 0.05) is 26.2 Å². The molecule has 2 unspecified atom stereocenters. The fraction of sp³-hybridized carbons (Fsp3) is 0.700. The van der Waals surface area contributed by atoms with Crippen LogP contribution in [0.25, 0.3) is 0 Å². The lowest BCUT2D eigenvalue weighted by Crippen LogP contribution is -2.32. The van der Waals surface area contributed by atoms with Crippen molar-refractivity contribution in [1.29, 1.82) is 0 Å². The molecule has 1 fully saturated rings. The summed E-state index contributed by atoms with van der Waals surface area (Å²) in [6.07, 6.45) is 1.40. The molecule has 0 amide bonds. The van der Waals surface area contributed by atoms with Gasteiger partial charge in [0.05, 0.1) is 11.9 Å². The molecule has 1 aliphatic heterocycles. The molecule has 1 saturated heterocycles. The molecule has 7 heteroatoms. The highest BCUT2D eigenvalue weighted by atomic mass is 32.2. The summed E-state index contributed by atoms with van der Waals surface area (Å²) in [5.41, 5.74) is 6.51. The summed E-state index contributed by atoms with van der Waals surface area (Å²) in [7, 11) is -1.72. The van der Waals surface area contributed by atoms with Crippen molar-refractivity contribution in [3.8, 4) is 0 Å². The zero-order valence-electron chi connectivity index (χ0n) is 10.3. The molecule has 1 aliphatic rings. The molecule has 1 aromatic rings. The lowest BCUT2D eigenvalue weighted by Gasteiger charge is -2.15. The number of rotatable bonds is 2. The molecule has 1 aromatic heterocycles. The van der Waals surface area contributed by atoms with Gasteiger partial charge >= 0.3 is 0 Å². The van der Waals surface area contributed by atoms with Gasteiger partial charge in [0.25, 0.3) is 0 Å². The predicted molar refractivity (Wildman–Crippen MR) is 63.8 cm³/mol. The number of nitrogens with zero attached hydrogens (tertiary/aromatic N) is 3. The van der Waals surface area contributed by atoms with Gasteiger partial charge < -0.3 is 5.73 Å². The van der Waals surface area contributed by atoms with Crippen LogP contribution in [0.4, 0.5) is 0 Å². The van der Waals surface area contributed by atoms with Gasteiger partial charge in [-0.05, 0) is 12.8 Å². The van der Waals surface area contributed by atoms with Gasteiger partial charge in [-0.2, -0.15) is 9.40 Å². The summed E-state index contributed by atoms with van der Waals surface area (Å²) in [6, 6.07) is -0.0817. The Hall–Kier alpha value is -0.920. The molecule has 2 heterocycles. The Labute approximate surface area is 101 Å². The van der Waals surface area contributed by atoms with Crippen LogP contribution in [0.3, 0.4) is 0 Å². The number of aryl methyl sites for hydroxylation is 1. The van der Waals surface area contributed by atoms with E-state index in [2.05, 4.69) is 5.10 Å². The van der Waals surface area contributed by atoms with Crippen molar-refractivity contribution in [2.45, 2.75) is 24.8 Å². The molecule has 0 aliphatic carbocycles. The van der Waals surface area contributed by atoms with E-state index in [9.17, 15) is 8.42 Å². The number of hydrogen-bond acceptors (Lipinski definition) is 4. The summed E-state index contributed by atoms with van der Waals surface area (Å²) in [5, 5.41) is 3.97. The Balaban J connectivity index is 2.35. The first-order valence-electron chi connectivity index (χ1n) is 5.58. The molecule has 2 rings (SSSR count). The van der Waals surface area contributed by atoms with Crippen molar-refractivity contribution in [3.05, 3.63) is 11.9 Å². The molecule has 0 radical (unpaired) electrons. The minimum Gasteiger partial charge on any atom is -0.326 e. The Morgan fingerprint density at radius 2 is 2.12 bits per heavy atom. The third-order valence-corrected chi connectivity index (χ3v) is 5.38. The normalized spacial score (nSPS) is 26.6. The van der Waals surface area contributed by atoms with Crippen LogP contribution < -0.4 is 5.73 Å². The maximum Gasteiger partial charge on any atom is 0.246 e. The summed E-state index contributed by atoms with van der Waals surface area (Å²) in [6.45, 7) is 4.59. The molecule has 6 nitrogen and oxygen atoms in total. The van der Waals surface area contributed by atoms with Gasteiger partial charge in [0.1, 0.15) is 4.90 Å². The molecule has 0 saturated carbocycles. The third-order valence-electron chi connectivity index (χ3n) is 3.44. The number of hydrogen-bond donors (Lipinski definition) is 1. The van der Waals surface area contributed by atoms with Crippen molar-refractivity contribution in [2.75, 3.05) is 13.1 Å². The third kappa shape index (κ3) is 1.98. The molecule has 17 heavy (non-hydrogen) atoms. The first-order valence-corrected chi connectivity index (χ1v) is 7.02. The zero-order chi connectivity index (χ0) is 12.8. The first-order chi connectivity index (χ1) is 7.84. The van der Waals surface area contributed by atoms with Crippen molar-refractivity contribution in [2.24, 2.45) is 18.7 Å². The molecule has 0 aromatic carbocycles. The zero-order valence-corrected chi connectivity index (χ0v) is 11.1. The average Bonchev–Trinajstić information content (AvgIpc) is 2.74. The van der Waals surface area contributed by atoms with Crippen LogP contribution >= 0.6 is 0 Å². The number of sulfonamides is 1.